The number of piperidine rings is 1. The van der Waals surface area contributed by atoms with Gasteiger partial charge in [0.15, 0.2) is 0 Å². The highest BCUT2D eigenvalue weighted by Crippen LogP contribution is 2.38. The molecule has 2 amide bonds. The number of nitrogens with zero attached hydrogens (tertiary/aromatic N) is 2. The average molecular weight is 336 g/mol. The standard InChI is InChI=1S/C19H32N2O3/c1-19(2,3)24-18(23)20-9-7-14(8-10-20)11-17(22)21-12-15-5-4-6-16(15)13-21/h14-16H,4-13H2,1-3H3. The van der Waals surface area contributed by atoms with Gasteiger partial charge in [0.25, 0.3) is 0 Å². The maximum atomic E-state index is 12.6. The molecular formula is C19H32N2O3. The molecule has 136 valence electrons. The van der Waals surface area contributed by atoms with Gasteiger partial charge in [-0.2, -0.15) is 0 Å². The van der Waals surface area contributed by atoms with Crippen molar-refractivity contribution in [3.05, 3.63) is 0 Å². The van der Waals surface area contributed by atoms with E-state index in [0.29, 0.717) is 31.3 Å². The minimum atomic E-state index is -0.447. The third-order valence-electron chi connectivity index (χ3n) is 5.81. The van der Waals surface area contributed by atoms with E-state index in [-0.39, 0.29) is 6.09 Å². The van der Waals surface area contributed by atoms with Gasteiger partial charge >= 0.3 is 6.09 Å². The van der Waals surface area contributed by atoms with Crippen LogP contribution in [-0.2, 0) is 9.53 Å². The molecule has 24 heavy (non-hydrogen) atoms. The second-order valence-electron chi connectivity index (χ2n) is 8.86. The summed E-state index contributed by atoms with van der Waals surface area (Å²) in [6.45, 7) is 9.06. The van der Waals surface area contributed by atoms with Crippen molar-refractivity contribution in [1.82, 2.24) is 9.80 Å². The molecule has 0 bridgehead atoms. The Bertz CT molecular complexity index is 465. The number of rotatable bonds is 2. The van der Waals surface area contributed by atoms with E-state index in [1.165, 1.54) is 19.3 Å². The molecule has 2 heterocycles. The Morgan fingerprint density at radius 3 is 2.08 bits per heavy atom. The number of hydrogen-bond donors (Lipinski definition) is 0. The van der Waals surface area contributed by atoms with Gasteiger partial charge < -0.3 is 14.5 Å². The van der Waals surface area contributed by atoms with Gasteiger partial charge in [-0.25, -0.2) is 4.79 Å². The molecule has 3 fully saturated rings. The molecule has 5 heteroatoms. The monoisotopic (exact) mass is 336 g/mol. The summed E-state index contributed by atoms with van der Waals surface area (Å²) in [4.78, 5) is 28.6. The van der Waals surface area contributed by atoms with E-state index >= 15 is 0 Å². The number of amides is 2. The Morgan fingerprint density at radius 1 is 0.958 bits per heavy atom. The van der Waals surface area contributed by atoms with E-state index in [2.05, 4.69) is 4.90 Å². The van der Waals surface area contributed by atoms with Gasteiger partial charge in [-0.15, -0.1) is 0 Å². The highest BCUT2D eigenvalue weighted by atomic mass is 16.6. The van der Waals surface area contributed by atoms with Crippen LogP contribution in [0.2, 0.25) is 0 Å². The first-order valence-electron chi connectivity index (χ1n) is 9.57. The Labute approximate surface area is 145 Å². The fourth-order valence-electron chi connectivity index (χ4n) is 4.46. The Morgan fingerprint density at radius 2 is 1.54 bits per heavy atom. The number of likely N-dealkylation sites (tertiary alicyclic amines) is 2. The molecule has 3 aliphatic rings. The Balaban J connectivity index is 1.41. The summed E-state index contributed by atoms with van der Waals surface area (Å²) in [6.07, 6.45) is 6.21. The van der Waals surface area contributed by atoms with Gasteiger partial charge in [-0.3, -0.25) is 4.79 Å². The van der Waals surface area contributed by atoms with Crippen LogP contribution in [0.15, 0.2) is 0 Å². The molecule has 2 aliphatic heterocycles. The van der Waals surface area contributed by atoms with Crippen LogP contribution < -0.4 is 0 Å². The summed E-state index contributed by atoms with van der Waals surface area (Å²) < 4.78 is 5.43. The molecular weight excluding hydrogens is 304 g/mol. The molecule has 0 aromatic heterocycles. The van der Waals surface area contributed by atoms with Crippen LogP contribution in [0.3, 0.4) is 0 Å². The van der Waals surface area contributed by atoms with Gasteiger partial charge in [0.05, 0.1) is 0 Å². The summed E-state index contributed by atoms with van der Waals surface area (Å²) in [5.41, 5.74) is -0.447. The molecule has 2 unspecified atom stereocenters. The van der Waals surface area contributed by atoms with Crippen LogP contribution in [0, 0.1) is 17.8 Å². The maximum Gasteiger partial charge on any atom is 0.410 e. The van der Waals surface area contributed by atoms with Crippen molar-refractivity contribution in [2.24, 2.45) is 17.8 Å². The molecule has 2 saturated heterocycles. The average Bonchev–Trinajstić information content (AvgIpc) is 3.07. The van der Waals surface area contributed by atoms with E-state index in [0.717, 1.165) is 37.8 Å². The van der Waals surface area contributed by atoms with Crippen molar-refractivity contribution in [2.45, 2.75) is 64.9 Å². The second kappa shape index (κ2) is 6.93. The van der Waals surface area contributed by atoms with E-state index < -0.39 is 5.60 Å². The molecule has 1 aliphatic carbocycles. The quantitative estimate of drug-likeness (QED) is 0.777. The molecule has 0 aromatic carbocycles. The van der Waals surface area contributed by atoms with Crippen LogP contribution in [0.1, 0.15) is 59.3 Å². The SMILES string of the molecule is CC(C)(C)OC(=O)N1CCC(CC(=O)N2CC3CCCC3C2)CC1. The fraction of sp³-hybridized carbons (Fsp3) is 0.895. The van der Waals surface area contributed by atoms with Gasteiger partial charge in [0.1, 0.15) is 5.60 Å². The molecule has 5 nitrogen and oxygen atoms in total. The molecule has 3 rings (SSSR count). The molecule has 2 atom stereocenters. The van der Waals surface area contributed by atoms with Gasteiger partial charge in [0.2, 0.25) is 5.91 Å². The molecule has 0 aromatic rings. The van der Waals surface area contributed by atoms with E-state index in [1.54, 1.807) is 4.90 Å². The first-order chi connectivity index (χ1) is 11.3. The third-order valence-corrected chi connectivity index (χ3v) is 5.81. The van der Waals surface area contributed by atoms with Crippen LogP contribution in [-0.4, -0.2) is 53.6 Å². The minimum absolute atomic E-state index is 0.223. The molecule has 1 saturated carbocycles. The summed E-state index contributed by atoms with van der Waals surface area (Å²) >= 11 is 0. The van der Waals surface area contributed by atoms with E-state index in [1.807, 2.05) is 20.8 Å². The summed E-state index contributed by atoms with van der Waals surface area (Å²) in [5.74, 6) is 2.28. The number of ether oxygens (including phenoxy) is 1. The van der Waals surface area contributed by atoms with Crippen molar-refractivity contribution in [1.29, 1.82) is 0 Å². The highest BCUT2D eigenvalue weighted by molar-refractivity contribution is 5.77. The first-order valence-corrected chi connectivity index (χ1v) is 9.57. The normalized spacial score (nSPS) is 28.1. The van der Waals surface area contributed by atoms with Crippen molar-refractivity contribution in [2.75, 3.05) is 26.2 Å². The molecule has 0 radical (unpaired) electrons. The van der Waals surface area contributed by atoms with Crippen molar-refractivity contribution >= 4 is 12.0 Å². The molecule has 0 spiro atoms. The Kier molecular flexibility index (Phi) is 5.07. The predicted octanol–water partition coefficient (Wildman–Crippen LogP) is 3.28. The van der Waals surface area contributed by atoms with Crippen molar-refractivity contribution in [3.8, 4) is 0 Å². The number of fused-ring (bicyclic) bond motifs is 1. The summed E-state index contributed by atoms with van der Waals surface area (Å²) in [7, 11) is 0. The summed E-state index contributed by atoms with van der Waals surface area (Å²) in [5, 5.41) is 0. The van der Waals surface area contributed by atoms with Crippen LogP contribution in [0.4, 0.5) is 4.79 Å². The van der Waals surface area contributed by atoms with Crippen LogP contribution in [0.5, 0.6) is 0 Å². The zero-order valence-electron chi connectivity index (χ0n) is 15.4. The van der Waals surface area contributed by atoms with Crippen molar-refractivity contribution < 1.29 is 14.3 Å². The zero-order valence-corrected chi connectivity index (χ0v) is 15.4. The first kappa shape index (κ1) is 17.6. The van der Waals surface area contributed by atoms with Crippen LogP contribution in [0.25, 0.3) is 0 Å². The lowest BCUT2D eigenvalue weighted by molar-refractivity contribution is -0.131. The van der Waals surface area contributed by atoms with E-state index in [4.69, 9.17) is 4.74 Å². The smallest absolute Gasteiger partial charge is 0.410 e. The van der Waals surface area contributed by atoms with Crippen molar-refractivity contribution in [3.63, 3.8) is 0 Å². The zero-order chi connectivity index (χ0) is 17.3. The molecule has 0 N–H and O–H groups in total. The third kappa shape index (κ3) is 4.22. The maximum absolute atomic E-state index is 12.6. The lowest BCUT2D eigenvalue weighted by Gasteiger charge is -2.33. The lowest BCUT2D eigenvalue weighted by Crippen LogP contribution is -2.42. The van der Waals surface area contributed by atoms with Gasteiger partial charge in [-0.05, 0) is 64.2 Å². The second-order valence-corrected chi connectivity index (χ2v) is 8.86. The lowest BCUT2D eigenvalue weighted by atomic mass is 9.93. The Hall–Kier alpha value is -1.26. The van der Waals surface area contributed by atoms with Crippen LogP contribution >= 0.6 is 0 Å². The minimum Gasteiger partial charge on any atom is -0.444 e. The largest absolute Gasteiger partial charge is 0.444 e. The fourth-order valence-corrected chi connectivity index (χ4v) is 4.46. The summed E-state index contributed by atoms with van der Waals surface area (Å²) in [6, 6.07) is 0. The van der Waals surface area contributed by atoms with Gasteiger partial charge in [0, 0.05) is 32.6 Å². The number of carbonyl (C=O) groups excluding carboxylic acids is 2. The van der Waals surface area contributed by atoms with Gasteiger partial charge in [-0.1, -0.05) is 6.42 Å². The number of carbonyl (C=O) groups is 2. The number of hydrogen-bond acceptors (Lipinski definition) is 3. The topological polar surface area (TPSA) is 49.9 Å². The van der Waals surface area contributed by atoms with E-state index in [9.17, 15) is 9.59 Å². The highest BCUT2D eigenvalue weighted by Gasteiger charge is 2.38. The predicted molar refractivity (Wildman–Crippen MR) is 92.6 cm³/mol.